The van der Waals surface area contributed by atoms with E-state index in [0.717, 1.165) is 16.5 Å². The molecule has 1 unspecified atom stereocenters. The predicted octanol–water partition coefficient (Wildman–Crippen LogP) is 1.99. The maximum Gasteiger partial charge on any atom is 0.336 e. The molecule has 0 amide bonds. The van der Waals surface area contributed by atoms with Gasteiger partial charge in [0.05, 0.1) is 0 Å². The van der Waals surface area contributed by atoms with Crippen molar-refractivity contribution in [2.24, 2.45) is 0 Å². The van der Waals surface area contributed by atoms with Gasteiger partial charge in [-0.25, -0.2) is 4.79 Å². The van der Waals surface area contributed by atoms with Gasteiger partial charge >= 0.3 is 11.6 Å². The number of esters is 1. The van der Waals surface area contributed by atoms with Crippen LogP contribution in [0.1, 0.15) is 11.5 Å². The molecule has 1 fully saturated rings. The Labute approximate surface area is 102 Å². The molecule has 18 heavy (non-hydrogen) atoms. The van der Waals surface area contributed by atoms with E-state index < -0.39 is 11.5 Å². The number of carbonyl (C=O) groups is 1. The average molecular weight is 242 g/mol. The first-order valence-electron chi connectivity index (χ1n) is 5.53. The lowest BCUT2D eigenvalue weighted by molar-refractivity contribution is -0.139. The number of ether oxygens (including phenoxy) is 1. The van der Waals surface area contributed by atoms with Crippen LogP contribution in [0.25, 0.3) is 11.0 Å². The van der Waals surface area contributed by atoms with Crippen molar-refractivity contribution in [1.82, 2.24) is 0 Å². The van der Waals surface area contributed by atoms with E-state index in [1.807, 2.05) is 12.1 Å². The fraction of sp³-hybridized carbons (Fsp3) is 0.143. The molecule has 1 aliphatic heterocycles. The molecule has 4 nitrogen and oxygen atoms in total. The van der Waals surface area contributed by atoms with E-state index in [-0.39, 0.29) is 12.6 Å². The number of rotatable bonds is 1. The summed E-state index contributed by atoms with van der Waals surface area (Å²) in [6.45, 7) is 4.07. The summed E-state index contributed by atoms with van der Waals surface area (Å²) in [5.74, 6) is -0.766. The number of carbonyl (C=O) groups excluding carboxylic acids is 1. The van der Waals surface area contributed by atoms with E-state index in [9.17, 15) is 9.59 Å². The quantitative estimate of drug-likeness (QED) is 0.436. The smallest absolute Gasteiger partial charge is 0.336 e. The Hall–Kier alpha value is -2.36. The van der Waals surface area contributed by atoms with E-state index in [1.165, 1.54) is 6.07 Å². The average Bonchev–Trinajstić information content (AvgIpc) is 2.68. The van der Waals surface area contributed by atoms with Crippen LogP contribution in [0.3, 0.4) is 0 Å². The van der Waals surface area contributed by atoms with Crippen LogP contribution in [0.15, 0.2) is 51.7 Å². The van der Waals surface area contributed by atoms with Gasteiger partial charge in [-0.05, 0) is 23.3 Å². The molecular weight excluding hydrogens is 232 g/mol. The van der Waals surface area contributed by atoms with Crippen LogP contribution in [-0.4, -0.2) is 12.6 Å². The van der Waals surface area contributed by atoms with Crippen molar-refractivity contribution in [3.05, 3.63) is 58.5 Å². The SMILES string of the molecule is C=C1COC(=O)C1c1ccc2ccc(=O)oc2c1. The van der Waals surface area contributed by atoms with Gasteiger partial charge in [-0.15, -0.1) is 0 Å². The number of fused-ring (bicyclic) bond motifs is 1. The highest BCUT2D eigenvalue weighted by Gasteiger charge is 2.31. The van der Waals surface area contributed by atoms with Gasteiger partial charge in [0.15, 0.2) is 0 Å². The van der Waals surface area contributed by atoms with Gasteiger partial charge in [0.2, 0.25) is 0 Å². The van der Waals surface area contributed by atoms with E-state index in [4.69, 9.17) is 9.15 Å². The Kier molecular flexibility index (Phi) is 2.30. The van der Waals surface area contributed by atoms with Crippen LogP contribution < -0.4 is 5.63 Å². The molecule has 4 heteroatoms. The molecule has 90 valence electrons. The fourth-order valence-corrected chi connectivity index (χ4v) is 2.13. The number of hydrogen-bond donors (Lipinski definition) is 0. The van der Waals surface area contributed by atoms with Crippen LogP contribution in [0.5, 0.6) is 0 Å². The molecule has 1 atom stereocenters. The van der Waals surface area contributed by atoms with Gasteiger partial charge in [-0.2, -0.15) is 0 Å². The zero-order valence-electron chi connectivity index (χ0n) is 9.51. The first-order valence-corrected chi connectivity index (χ1v) is 5.53. The van der Waals surface area contributed by atoms with E-state index in [0.29, 0.717) is 5.58 Å². The lowest BCUT2D eigenvalue weighted by atomic mass is 9.94. The molecule has 0 saturated carbocycles. The second kappa shape index (κ2) is 3.84. The van der Waals surface area contributed by atoms with Crippen molar-refractivity contribution in [3.8, 4) is 0 Å². The number of hydrogen-bond acceptors (Lipinski definition) is 4. The van der Waals surface area contributed by atoms with Gasteiger partial charge in [-0.1, -0.05) is 18.7 Å². The predicted molar refractivity (Wildman–Crippen MR) is 65.3 cm³/mol. The Morgan fingerprint density at radius 1 is 1.17 bits per heavy atom. The van der Waals surface area contributed by atoms with Gasteiger partial charge < -0.3 is 9.15 Å². The highest BCUT2D eigenvalue weighted by molar-refractivity contribution is 5.86. The minimum atomic E-state index is -0.458. The summed E-state index contributed by atoms with van der Waals surface area (Å²) < 4.78 is 10.0. The van der Waals surface area contributed by atoms with E-state index in [2.05, 4.69) is 6.58 Å². The zero-order chi connectivity index (χ0) is 12.7. The third-order valence-electron chi connectivity index (χ3n) is 3.02. The van der Waals surface area contributed by atoms with Crippen LogP contribution in [0.2, 0.25) is 0 Å². The van der Waals surface area contributed by atoms with Gasteiger partial charge in [0.25, 0.3) is 0 Å². The molecular formula is C14H10O4. The third kappa shape index (κ3) is 1.62. The Morgan fingerprint density at radius 3 is 2.67 bits per heavy atom. The van der Waals surface area contributed by atoms with Crippen molar-refractivity contribution >= 4 is 16.9 Å². The molecule has 2 heterocycles. The summed E-state index contributed by atoms with van der Waals surface area (Å²) >= 11 is 0. The molecule has 0 N–H and O–H groups in total. The monoisotopic (exact) mass is 242 g/mol. The van der Waals surface area contributed by atoms with Crippen molar-refractivity contribution in [2.75, 3.05) is 6.61 Å². The van der Waals surface area contributed by atoms with Crippen molar-refractivity contribution in [2.45, 2.75) is 5.92 Å². The molecule has 0 aliphatic carbocycles. The Balaban J connectivity index is 2.15. The van der Waals surface area contributed by atoms with Gasteiger partial charge in [0, 0.05) is 11.5 Å². The van der Waals surface area contributed by atoms with Crippen molar-refractivity contribution in [3.63, 3.8) is 0 Å². The molecule has 1 saturated heterocycles. The molecule has 1 aliphatic rings. The van der Waals surface area contributed by atoms with Crippen LogP contribution in [0.4, 0.5) is 0 Å². The summed E-state index contributed by atoms with van der Waals surface area (Å²) in [5.41, 5.74) is 1.52. The molecule has 0 spiro atoms. The second-order valence-corrected chi connectivity index (χ2v) is 4.25. The Morgan fingerprint density at radius 2 is 1.94 bits per heavy atom. The first kappa shape index (κ1) is 10.8. The summed E-state index contributed by atoms with van der Waals surface area (Å²) in [6.07, 6.45) is 0. The maximum absolute atomic E-state index is 11.6. The lowest BCUT2D eigenvalue weighted by Crippen LogP contribution is -2.06. The Bertz CT molecular complexity index is 695. The number of benzene rings is 1. The van der Waals surface area contributed by atoms with E-state index >= 15 is 0 Å². The minimum Gasteiger partial charge on any atom is -0.460 e. The highest BCUT2D eigenvalue weighted by atomic mass is 16.5. The summed E-state index contributed by atoms with van der Waals surface area (Å²) in [7, 11) is 0. The zero-order valence-corrected chi connectivity index (χ0v) is 9.51. The standard InChI is InChI=1S/C14H10O4/c1-8-7-17-14(16)13(8)10-3-2-9-4-5-12(15)18-11(9)6-10/h2-6,13H,1,7H2. The summed E-state index contributed by atoms with van der Waals surface area (Å²) in [6, 6.07) is 8.38. The molecule has 2 aromatic rings. The summed E-state index contributed by atoms with van der Waals surface area (Å²) in [4.78, 5) is 22.8. The topological polar surface area (TPSA) is 56.5 Å². The summed E-state index contributed by atoms with van der Waals surface area (Å²) in [5, 5.41) is 0.815. The minimum absolute atomic E-state index is 0.250. The first-order chi connectivity index (χ1) is 8.65. The highest BCUT2D eigenvalue weighted by Crippen LogP contribution is 2.31. The van der Waals surface area contributed by atoms with Gasteiger partial charge in [-0.3, -0.25) is 4.79 Å². The van der Waals surface area contributed by atoms with E-state index in [1.54, 1.807) is 12.1 Å². The molecule has 1 aromatic carbocycles. The maximum atomic E-state index is 11.6. The molecule has 0 bridgehead atoms. The molecule has 1 aromatic heterocycles. The largest absolute Gasteiger partial charge is 0.460 e. The van der Waals surface area contributed by atoms with Crippen LogP contribution in [0, 0.1) is 0 Å². The van der Waals surface area contributed by atoms with Crippen LogP contribution in [-0.2, 0) is 9.53 Å². The van der Waals surface area contributed by atoms with Gasteiger partial charge in [0.1, 0.15) is 18.1 Å². The van der Waals surface area contributed by atoms with Crippen LogP contribution >= 0.6 is 0 Å². The van der Waals surface area contributed by atoms with Crippen molar-refractivity contribution in [1.29, 1.82) is 0 Å². The third-order valence-corrected chi connectivity index (χ3v) is 3.02. The molecule has 0 radical (unpaired) electrons. The van der Waals surface area contributed by atoms with Crippen molar-refractivity contribution < 1.29 is 13.9 Å². The second-order valence-electron chi connectivity index (χ2n) is 4.25. The molecule has 3 rings (SSSR count). The lowest BCUT2D eigenvalue weighted by Gasteiger charge is -2.07. The fourth-order valence-electron chi connectivity index (χ4n) is 2.13. The normalized spacial score (nSPS) is 19.2. The number of cyclic esters (lactones) is 1.